The molecular weight excluding hydrogens is 340 g/mol. The summed E-state index contributed by atoms with van der Waals surface area (Å²) in [5, 5.41) is 0. The molecule has 0 aliphatic heterocycles. The summed E-state index contributed by atoms with van der Waals surface area (Å²) < 4.78 is 27.9. The van der Waals surface area contributed by atoms with E-state index in [1.807, 2.05) is 0 Å². The van der Waals surface area contributed by atoms with E-state index in [-0.39, 0.29) is 15.7 Å². The lowest BCUT2D eigenvalue weighted by Crippen LogP contribution is -2.27. The average Bonchev–Trinajstić information content (AvgIpc) is 2.70. The van der Waals surface area contributed by atoms with E-state index in [1.54, 1.807) is 6.07 Å². The zero-order chi connectivity index (χ0) is 15.3. The molecule has 1 aromatic carbocycles. The van der Waals surface area contributed by atoms with Gasteiger partial charge in [-0.15, -0.1) is 0 Å². The first-order chi connectivity index (χ1) is 9.00. The highest BCUT2D eigenvalue weighted by molar-refractivity contribution is 9.10. The minimum Gasteiger partial charge on any atom is -0.398 e. The van der Waals surface area contributed by atoms with Crippen LogP contribution in [0.15, 0.2) is 27.6 Å². The van der Waals surface area contributed by atoms with Crippen LogP contribution in [-0.4, -0.2) is 15.0 Å². The van der Waals surface area contributed by atoms with Gasteiger partial charge >= 0.3 is 0 Å². The van der Waals surface area contributed by atoms with Gasteiger partial charge in [0.2, 0.25) is 10.0 Å². The molecule has 3 N–H and O–H groups in total. The molecule has 4 nitrogen and oxygen atoms in total. The van der Waals surface area contributed by atoms with Gasteiger partial charge in [0, 0.05) is 16.7 Å². The van der Waals surface area contributed by atoms with Crippen LogP contribution in [-0.2, 0) is 10.0 Å². The molecule has 0 bridgehead atoms. The molecule has 1 aromatic rings. The summed E-state index contributed by atoms with van der Waals surface area (Å²) >= 11 is 3.25. The van der Waals surface area contributed by atoms with Crippen molar-refractivity contribution >= 4 is 31.6 Å². The fourth-order valence-electron chi connectivity index (χ4n) is 2.79. The summed E-state index contributed by atoms with van der Waals surface area (Å²) in [7, 11) is -3.49. The molecule has 0 atom stereocenters. The number of nitrogens with one attached hydrogen (secondary N) is 1. The van der Waals surface area contributed by atoms with Gasteiger partial charge in [0.1, 0.15) is 0 Å². The first kappa shape index (κ1) is 15.8. The van der Waals surface area contributed by atoms with Gasteiger partial charge in [-0.25, -0.2) is 13.1 Å². The Balaban J connectivity index is 2.11. The molecule has 20 heavy (non-hydrogen) atoms. The molecule has 2 rings (SSSR count). The number of benzene rings is 1. The minimum absolute atomic E-state index is 0.164. The molecule has 0 amide bonds. The van der Waals surface area contributed by atoms with Crippen molar-refractivity contribution in [2.45, 2.75) is 32.6 Å². The molecule has 0 spiro atoms. The van der Waals surface area contributed by atoms with Crippen molar-refractivity contribution in [3.05, 3.63) is 22.7 Å². The lowest BCUT2D eigenvalue weighted by atomic mass is 10.0. The van der Waals surface area contributed by atoms with E-state index in [9.17, 15) is 8.42 Å². The number of rotatable bonds is 4. The number of anilines is 1. The van der Waals surface area contributed by atoms with Crippen molar-refractivity contribution in [1.29, 1.82) is 0 Å². The van der Waals surface area contributed by atoms with Gasteiger partial charge < -0.3 is 5.73 Å². The van der Waals surface area contributed by atoms with Gasteiger partial charge in [-0.3, -0.25) is 0 Å². The molecule has 0 unspecified atom stereocenters. The Labute approximate surface area is 129 Å². The van der Waals surface area contributed by atoms with Crippen LogP contribution >= 0.6 is 15.9 Å². The van der Waals surface area contributed by atoms with Crippen LogP contribution in [0.5, 0.6) is 0 Å². The summed E-state index contributed by atoms with van der Waals surface area (Å²) in [6.45, 7) is 9.15. The molecule has 0 saturated heterocycles. The van der Waals surface area contributed by atoms with E-state index in [1.165, 1.54) is 12.1 Å². The molecule has 112 valence electrons. The van der Waals surface area contributed by atoms with Crippen LogP contribution in [0.4, 0.5) is 5.69 Å². The van der Waals surface area contributed by atoms with E-state index in [4.69, 9.17) is 5.73 Å². The number of hydrogen-bond donors (Lipinski definition) is 2. The largest absolute Gasteiger partial charge is 0.398 e. The third-order valence-electron chi connectivity index (χ3n) is 5.08. The first-order valence-electron chi connectivity index (χ1n) is 6.55. The summed E-state index contributed by atoms with van der Waals surface area (Å²) in [5.41, 5.74) is 6.52. The molecule has 1 saturated carbocycles. The van der Waals surface area contributed by atoms with E-state index in [0.717, 1.165) is 0 Å². The molecule has 0 radical (unpaired) electrons. The van der Waals surface area contributed by atoms with Crippen molar-refractivity contribution in [2.24, 2.45) is 16.7 Å². The first-order valence-corrected chi connectivity index (χ1v) is 8.82. The fraction of sp³-hybridized carbons (Fsp3) is 0.571. The van der Waals surface area contributed by atoms with Gasteiger partial charge in [-0.1, -0.05) is 27.7 Å². The van der Waals surface area contributed by atoms with E-state index in [2.05, 4.69) is 48.3 Å². The van der Waals surface area contributed by atoms with Gasteiger partial charge in [0.05, 0.1) is 4.90 Å². The topological polar surface area (TPSA) is 72.2 Å². The molecule has 1 aliphatic carbocycles. The third-order valence-corrected chi connectivity index (χ3v) is 7.19. The standard InChI is InChI=1S/C14H21BrN2O2S/c1-13(2)12(14(13,3)4)8-17-20(18,19)9-5-6-11(16)10(15)7-9/h5-7,12,17H,8,16H2,1-4H3. The maximum absolute atomic E-state index is 12.3. The number of nitrogens with two attached hydrogens (primary N) is 1. The van der Waals surface area contributed by atoms with Crippen molar-refractivity contribution in [1.82, 2.24) is 4.72 Å². The Hall–Kier alpha value is -0.590. The zero-order valence-electron chi connectivity index (χ0n) is 12.2. The number of halogens is 1. The van der Waals surface area contributed by atoms with Crippen LogP contribution in [0.3, 0.4) is 0 Å². The second-order valence-electron chi connectivity index (χ2n) is 6.53. The summed E-state index contributed by atoms with van der Waals surface area (Å²) in [4.78, 5) is 0.231. The summed E-state index contributed by atoms with van der Waals surface area (Å²) in [5.74, 6) is 0.349. The number of nitrogen functional groups attached to an aromatic ring is 1. The Morgan fingerprint density at radius 1 is 1.25 bits per heavy atom. The van der Waals surface area contributed by atoms with E-state index in [0.29, 0.717) is 22.6 Å². The summed E-state index contributed by atoms with van der Waals surface area (Å²) in [6, 6.07) is 4.64. The lowest BCUT2D eigenvalue weighted by Gasteiger charge is -2.09. The summed E-state index contributed by atoms with van der Waals surface area (Å²) in [6.07, 6.45) is 0. The van der Waals surface area contributed by atoms with Gasteiger partial charge in [0.15, 0.2) is 0 Å². The highest BCUT2D eigenvalue weighted by Gasteiger charge is 2.64. The third kappa shape index (κ3) is 2.49. The van der Waals surface area contributed by atoms with E-state index >= 15 is 0 Å². The van der Waals surface area contributed by atoms with Gasteiger partial charge in [-0.05, 0) is 50.9 Å². The van der Waals surface area contributed by atoms with Gasteiger partial charge in [-0.2, -0.15) is 0 Å². The van der Waals surface area contributed by atoms with Gasteiger partial charge in [0.25, 0.3) is 0 Å². The average molecular weight is 361 g/mol. The predicted molar refractivity (Wildman–Crippen MR) is 84.8 cm³/mol. The van der Waals surface area contributed by atoms with Crippen LogP contribution in [0, 0.1) is 16.7 Å². The number of hydrogen-bond acceptors (Lipinski definition) is 3. The Morgan fingerprint density at radius 2 is 1.80 bits per heavy atom. The minimum atomic E-state index is -3.49. The molecule has 1 aliphatic rings. The molecule has 1 fully saturated rings. The number of sulfonamides is 1. The molecule has 6 heteroatoms. The maximum Gasteiger partial charge on any atom is 0.240 e. The molecule has 0 aromatic heterocycles. The zero-order valence-corrected chi connectivity index (χ0v) is 14.6. The molecular formula is C14H21BrN2O2S. The quantitative estimate of drug-likeness (QED) is 0.810. The van der Waals surface area contributed by atoms with Crippen LogP contribution in [0.2, 0.25) is 0 Å². The second kappa shape index (κ2) is 4.71. The van der Waals surface area contributed by atoms with Crippen molar-refractivity contribution < 1.29 is 8.42 Å². The maximum atomic E-state index is 12.3. The Kier molecular flexibility index (Phi) is 3.72. The van der Waals surface area contributed by atoms with Crippen molar-refractivity contribution in [2.75, 3.05) is 12.3 Å². The highest BCUT2D eigenvalue weighted by Crippen LogP contribution is 2.67. The van der Waals surface area contributed by atoms with Crippen LogP contribution in [0.1, 0.15) is 27.7 Å². The monoisotopic (exact) mass is 360 g/mol. The van der Waals surface area contributed by atoms with Crippen LogP contribution in [0.25, 0.3) is 0 Å². The SMILES string of the molecule is CC1(C)C(CNS(=O)(=O)c2ccc(N)c(Br)c2)C1(C)C. The van der Waals surface area contributed by atoms with E-state index < -0.39 is 10.0 Å². The molecule has 0 heterocycles. The lowest BCUT2D eigenvalue weighted by molar-refractivity contribution is 0.457. The van der Waals surface area contributed by atoms with Crippen molar-refractivity contribution in [3.8, 4) is 0 Å². The smallest absolute Gasteiger partial charge is 0.240 e. The normalized spacial score (nSPS) is 20.9. The van der Waals surface area contributed by atoms with Crippen LogP contribution < -0.4 is 10.5 Å². The second-order valence-corrected chi connectivity index (χ2v) is 9.15. The van der Waals surface area contributed by atoms with Crippen molar-refractivity contribution in [3.63, 3.8) is 0 Å². The predicted octanol–water partition coefficient (Wildman–Crippen LogP) is 2.99. The Bertz CT molecular complexity index is 625. The Morgan fingerprint density at radius 3 is 2.25 bits per heavy atom. The highest BCUT2D eigenvalue weighted by atomic mass is 79.9. The fourth-order valence-corrected chi connectivity index (χ4v) is 4.40.